The molecule has 1 saturated carbocycles. The number of pyridine rings is 1. The maximum atomic E-state index is 13.9. The van der Waals surface area contributed by atoms with Crippen molar-refractivity contribution >= 4 is 22.4 Å². The number of nitrogens with one attached hydrogen (secondary N) is 1. The minimum absolute atomic E-state index is 0.255. The van der Waals surface area contributed by atoms with E-state index in [1.54, 1.807) is 6.20 Å². The lowest BCUT2D eigenvalue weighted by Gasteiger charge is -2.34. The first-order chi connectivity index (χ1) is 19.7. The lowest BCUT2D eigenvalue weighted by Crippen LogP contribution is -2.41. The second kappa shape index (κ2) is 10.8. The molecular formula is C33H33FN6. The highest BCUT2D eigenvalue weighted by Gasteiger charge is 2.27. The Morgan fingerprint density at radius 2 is 1.68 bits per heavy atom. The van der Waals surface area contributed by atoms with Gasteiger partial charge in [0.2, 0.25) is 0 Å². The topological polar surface area (TPSA) is 58.3 Å². The van der Waals surface area contributed by atoms with Gasteiger partial charge in [0.05, 0.1) is 51.4 Å². The second-order valence-electron chi connectivity index (χ2n) is 11.0. The van der Waals surface area contributed by atoms with Gasteiger partial charge in [0.25, 0.3) is 0 Å². The normalized spacial score (nSPS) is 17.7. The van der Waals surface area contributed by atoms with Crippen LogP contribution in [0.4, 0.5) is 15.8 Å². The average Bonchev–Trinajstić information content (AvgIpc) is 3.53. The lowest BCUT2D eigenvalue weighted by molar-refractivity contribution is 0.154. The van der Waals surface area contributed by atoms with Gasteiger partial charge in [0.15, 0.2) is 0 Å². The number of halogens is 1. The van der Waals surface area contributed by atoms with Crippen LogP contribution in [0.3, 0.4) is 0 Å². The predicted molar refractivity (Wildman–Crippen MR) is 158 cm³/mol. The number of likely N-dealkylation sites (tertiary alicyclic amines) is 1. The van der Waals surface area contributed by atoms with Gasteiger partial charge in [-0.05, 0) is 86.3 Å². The molecule has 0 atom stereocenters. The SMILES string of the molecule is Fc1ccc(-n2c3c/c(=N\C4CCN(C5CCCC5)CC4)c(Nc4cccnc4)cc-3nc3ccccc32)cc1. The van der Waals surface area contributed by atoms with E-state index in [2.05, 4.69) is 38.0 Å². The van der Waals surface area contributed by atoms with E-state index in [-0.39, 0.29) is 11.9 Å². The van der Waals surface area contributed by atoms with Gasteiger partial charge >= 0.3 is 0 Å². The summed E-state index contributed by atoms with van der Waals surface area (Å²) in [4.78, 5) is 17.3. The van der Waals surface area contributed by atoms with Crippen molar-refractivity contribution in [2.24, 2.45) is 4.99 Å². The molecule has 3 aromatic rings. The molecule has 202 valence electrons. The van der Waals surface area contributed by atoms with Crippen LogP contribution < -0.4 is 10.7 Å². The summed E-state index contributed by atoms with van der Waals surface area (Å²) in [6, 6.07) is 23.9. The predicted octanol–water partition coefficient (Wildman–Crippen LogP) is 6.72. The standard InChI is InChI=1S/C33H33FN6/c34-23-11-13-27(14-12-23)40-32-10-4-3-9-28(32)38-31-20-29(37-25-6-5-17-35-22-25)30(21-33(31)40)36-24-15-18-39(19-16-24)26-7-1-2-8-26/h3-6,9-14,17,20-22,24,26,37H,1-2,7-8,15-16,18-19H2/b36-30+. The van der Waals surface area contributed by atoms with Gasteiger partial charge in [0.1, 0.15) is 5.82 Å². The van der Waals surface area contributed by atoms with Crippen molar-refractivity contribution in [2.75, 3.05) is 18.4 Å². The molecule has 2 fully saturated rings. The largest absolute Gasteiger partial charge is 0.352 e. The van der Waals surface area contributed by atoms with Crippen molar-refractivity contribution in [1.29, 1.82) is 0 Å². The maximum Gasteiger partial charge on any atom is 0.123 e. The lowest BCUT2D eigenvalue weighted by atomic mass is 10.0. The van der Waals surface area contributed by atoms with Crippen molar-refractivity contribution in [3.8, 4) is 17.1 Å². The van der Waals surface area contributed by atoms with Crippen molar-refractivity contribution < 1.29 is 4.39 Å². The molecule has 2 aromatic carbocycles. The number of hydrogen-bond acceptors (Lipinski definition) is 5. The number of para-hydroxylation sites is 2. The highest BCUT2D eigenvalue weighted by Crippen LogP contribution is 2.31. The Hall–Kier alpha value is -4.10. The fourth-order valence-corrected chi connectivity index (χ4v) is 6.36. The Balaban J connectivity index is 1.36. The summed E-state index contributed by atoms with van der Waals surface area (Å²) < 4.78 is 16.0. The molecule has 1 aromatic heterocycles. The second-order valence-corrected chi connectivity index (χ2v) is 11.0. The van der Waals surface area contributed by atoms with E-state index in [1.165, 1.54) is 37.8 Å². The molecular weight excluding hydrogens is 499 g/mol. The number of nitrogens with zero attached hydrogens (tertiary/aromatic N) is 5. The minimum Gasteiger partial charge on any atom is -0.352 e. The van der Waals surface area contributed by atoms with Crippen molar-refractivity contribution in [1.82, 2.24) is 19.4 Å². The van der Waals surface area contributed by atoms with Gasteiger partial charge in [0, 0.05) is 31.0 Å². The Labute approximate surface area is 233 Å². The molecule has 40 heavy (non-hydrogen) atoms. The highest BCUT2D eigenvalue weighted by molar-refractivity contribution is 5.84. The van der Waals surface area contributed by atoms with E-state index in [0.717, 1.165) is 76.8 Å². The molecule has 2 aliphatic carbocycles. The number of hydrogen-bond donors (Lipinski definition) is 1. The Morgan fingerprint density at radius 3 is 2.45 bits per heavy atom. The molecule has 7 rings (SSSR count). The van der Waals surface area contributed by atoms with Crippen LogP contribution in [-0.4, -0.2) is 44.6 Å². The maximum absolute atomic E-state index is 13.9. The summed E-state index contributed by atoms with van der Waals surface area (Å²) in [6.45, 7) is 2.22. The summed E-state index contributed by atoms with van der Waals surface area (Å²) in [7, 11) is 0. The number of aromatic nitrogens is 3. The van der Waals surface area contributed by atoms with E-state index >= 15 is 0 Å². The van der Waals surface area contributed by atoms with Gasteiger partial charge < -0.3 is 14.8 Å². The molecule has 6 nitrogen and oxygen atoms in total. The number of fused-ring (bicyclic) bond motifs is 2. The Kier molecular flexibility index (Phi) is 6.73. The molecule has 3 heterocycles. The molecule has 0 amide bonds. The molecule has 0 bridgehead atoms. The fourth-order valence-electron chi connectivity index (χ4n) is 6.36. The molecule has 2 aliphatic heterocycles. The quantitative estimate of drug-likeness (QED) is 0.256. The summed E-state index contributed by atoms with van der Waals surface area (Å²) in [5.41, 5.74) is 6.30. The van der Waals surface area contributed by atoms with Crippen molar-refractivity contribution in [3.05, 3.63) is 96.4 Å². The van der Waals surface area contributed by atoms with E-state index < -0.39 is 0 Å². The van der Waals surface area contributed by atoms with Crippen LogP contribution in [0.5, 0.6) is 0 Å². The Morgan fingerprint density at radius 1 is 0.875 bits per heavy atom. The zero-order chi connectivity index (χ0) is 26.9. The number of rotatable bonds is 5. The van der Waals surface area contributed by atoms with Crippen LogP contribution in [0.25, 0.3) is 28.1 Å². The van der Waals surface area contributed by atoms with Gasteiger partial charge in [-0.1, -0.05) is 25.0 Å². The molecule has 7 heteroatoms. The molecule has 0 unspecified atom stereocenters. The minimum atomic E-state index is -0.255. The van der Waals surface area contributed by atoms with Crippen LogP contribution in [0.1, 0.15) is 38.5 Å². The van der Waals surface area contributed by atoms with Crippen LogP contribution >= 0.6 is 0 Å². The zero-order valence-corrected chi connectivity index (χ0v) is 22.5. The summed E-state index contributed by atoms with van der Waals surface area (Å²) in [5, 5.41) is 4.46. The van der Waals surface area contributed by atoms with Crippen LogP contribution in [0, 0.1) is 5.82 Å². The van der Waals surface area contributed by atoms with Crippen LogP contribution in [0.15, 0.2) is 90.2 Å². The monoisotopic (exact) mass is 532 g/mol. The number of benzene rings is 3. The van der Waals surface area contributed by atoms with E-state index in [4.69, 9.17) is 9.98 Å². The zero-order valence-electron chi connectivity index (χ0n) is 22.5. The molecule has 0 radical (unpaired) electrons. The van der Waals surface area contributed by atoms with Gasteiger partial charge in [-0.15, -0.1) is 0 Å². The van der Waals surface area contributed by atoms with Gasteiger partial charge in [-0.2, -0.15) is 0 Å². The van der Waals surface area contributed by atoms with Gasteiger partial charge in [-0.25, -0.2) is 9.37 Å². The third-order valence-electron chi connectivity index (χ3n) is 8.38. The van der Waals surface area contributed by atoms with Gasteiger partial charge in [-0.3, -0.25) is 9.98 Å². The smallest absolute Gasteiger partial charge is 0.123 e. The molecule has 0 spiro atoms. The summed E-state index contributed by atoms with van der Waals surface area (Å²) >= 11 is 0. The molecule has 4 aliphatic rings. The third kappa shape index (κ3) is 4.97. The van der Waals surface area contributed by atoms with E-state index in [1.807, 2.05) is 48.7 Å². The summed E-state index contributed by atoms with van der Waals surface area (Å²) in [6.07, 6.45) is 11.1. The molecule has 1 saturated heterocycles. The highest BCUT2D eigenvalue weighted by atomic mass is 19.1. The van der Waals surface area contributed by atoms with Crippen LogP contribution in [0.2, 0.25) is 0 Å². The number of piperidine rings is 1. The Bertz CT molecular complexity index is 1650. The first-order valence-corrected chi connectivity index (χ1v) is 14.4. The average molecular weight is 533 g/mol. The third-order valence-corrected chi connectivity index (χ3v) is 8.38. The van der Waals surface area contributed by atoms with Crippen molar-refractivity contribution in [3.63, 3.8) is 0 Å². The first kappa shape index (κ1) is 24.9. The first-order valence-electron chi connectivity index (χ1n) is 14.4. The van der Waals surface area contributed by atoms with E-state index in [0.29, 0.717) is 0 Å². The fraction of sp³-hybridized carbons (Fsp3) is 0.303. The van der Waals surface area contributed by atoms with E-state index in [9.17, 15) is 4.39 Å². The van der Waals surface area contributed by atoms with Crippen LogP contribution in [-0.2, 0) is 0 Å². The molecule has 1 N–H and O–H groups in total. The van der Waals surface area contributed by atoms with Crippen molar-refractivity contribution in [2.45, 2.75) is 50.6 Å². The number of anilines is 2. The summed E-state index contributed by atoms with van der Waals surface area (Å²) in [5.74, 6) is -0.255.